The predicted molar refractivity (Wildman–Crippen MR) is 82.0 cm³/mol. The highest BCUT2D eigenvalue weighted by Crippen LogP contribution is 2.26. The lowest BCUT2D eigenvalue weighted by atomic mass is 10.1. The molecule has 1 saturated heterocycles. The molecule has 0 spiro atoms. The van der Waals surface area contributed by atoms with Crippen molar-refractivity contribution in [1.82, 2.24) is 4.98 Å². The van der Waals surface area contributed by atoms with E-state index in [9.17, 15) is 8.42 Å². The first-order chi connectivity index (χ1) is 9.53. The third-order valence-electron chi connectivity index (χ3n) is 3.61. The largest absolute Gasteiger partial charge is 0.384 e. The molecule has 1 aliphatic rings. The molecule has 0 aliphatic carbocycles. The van der Waals surface area contributed by atoms with Crippen molar-refractivity contribution in [3.63, 3.8) is 0 Å². The van der Waals surface area contributed by atoms with Crippen molar-refractivity contribution in [3.05, 3.63) is 35.5 Å². The van der Waals surface area contributed by atoms with Crippen molar-refractivity contribution in [2.45, 2.75) is 6.42 Å². The van der Waals surface area contributed by atoms with Gasteiger partial charge < -0.3 is 5.32 Å². The summed E-state index contributed by atoms with van der Waals surface area (Å²) in [4.78, 5) is 4.29. The van der Waals surface area contributed by atoms with Gasteiger partial charge in [0.05, 0.1) is 17.0 Å². The second-order valence-electron chi connectivity index (χ2n) is 5.17. The Morgan fingerprint density at radius 2 is 2.20 bits per heavy atom. The zero-order chi connectivity index (χ0) is 14.2. The summed E-state index contributed by atoms with van der Waals surface area (Å²) in [5, 5.41) is 4.95. The summed E-state index contributed by atoms with van der Waals surface area (Å²) in [6, 6.07) is 7.45. The van der Waals surface area contributed by atoms with Gasteiger partial charge >= 0.3 is 0 Å². The highest BCUT2D eigenvalue weighted by Gasteiger charge is 2.27. The molecule has 20 heavy (non-hydrogen) atoms. The van der Waals surface area contributed by atoms with Gasteiger partial charge in [-0.1, -0.05) is 11.6 Å². The molecule has 106 valence electrons. The van der Waals surface area contributed by atoms with Gasteiger partial charge in [-0.15, -0.1) is 0 Å². The van der Waals surface area contributed by atoms with Crippen LogP contribution < -0.4 is 5.32 Å². The van der Waals surface area contributed by atoms with Gasteiger partial charge in [0.2, 0.25) is 0 Å². The Kier molecular flexibility index (Phi) is 3.56. The second kappa shape index (κ2) is 5.22. The molecule has 0 radical (unpaired) electrons. The van der Waals surface area contributed by atoms with Crippen molar-refractivity contribution in [3.8, 4) is 0 Å². The summed E-state index contributed by atoms with van der Waals surface area (Å²) in [7, 11) is -2.82. The van der Waals surface area contributed by atoms with E-state index < -0.39 is 9.84 Å². The van der Waals surface area contributed by atoms with Crippen LogP contribution in [-0.2, 0) is 9.84 Å². The van der Waals surface area contributed by atoms with Gasteiger partial charge in [0.25, 0.3) is 0 Å². The molecule has 0 saturated carbocycles. The van der Waals surface area contributed by atoms with Crippen LogP contribution in [0, 0.1) is 5.92 Å². The number of benzene rings is 1. The standard InChI is InChI=1S/C14H15ClN2O2S/c15-11-1-2-13-12(7-11)14(3-5-16-13)17-8-10-4-6-20(18,19)9-10/h1-3,5,7,10H,4,6,8-9H2,(H,16,17). The number of nitrogens with one attached hydrogen (secondary N) is 1. The summed E-state index contributed by atoms with van der Waals surface area (Å²) in [5.41, 5.74) is 1.82. The molecular weight excluding hydrogens is 296 g/mol. The molecule has 1 aromatic heterocycles. The molecular formula is C14H15ClN2O2S. The van der Waals surface area contributed by atoms with Gasteiger partial charge in [-0.3, -0.25) is 4.98 Å². The van der Waals surface area contributed by atoms with Crippen LogP contribution in [-0.4, -0.2) is 31.5 Å². The minimum Gasteiger partial charge on any atom is -0.384 e. The maximum absolute atomic E-state index is 11.5. The van der Waals surface area contributed by atoms with Crippen molar-refractivity contribution >= 4 is 38.0 Å². The van der Waals surface area contributed by atoms with Crippen LogP contribution in [0.2, 0.25) is 5.02 Å². The Morgan fingerprint density at radius 1 is 1.35 bits per heavy atom. The monoisotopic (exact) mass is 310 g/mol. The lowest BCUT2D eigenvalue weighted by Crippen LogP contribution is -2.15. The summed E-state index contributed by atoms with van der Waals surface area (Å²) in [5.74, 6) is 0.772. The molecule has 0 amide bonds. The quantitative estimate of drug-likeness (QED) is 0.947. The Bertz CT molecular complexity index is 746. The van der Waals surface area contributed by atoms with Gasteiger partial charge in [0.15, 0.2) is 9.84 Å². The third-order valence-corrected chi connectivity index (χ3v) is 5.68. The molecule has 1 aromatic carbocycles. The number of rotatable bonds is 3. The number of hydrogen-bond donors (Lipinski definition) is 1. The third kappa shape index (κ3) is 2.88. The lowest BCUT2D eigenvalue weighted by molar-refractivity contribution is 0.596. The first-order valence-corrected chi connectivity index (χ1v) is 8.72. The van der Waals surface area contributed by atoms with Crippen LogP contribution in [0.15, 0.2) is 30.5 Å². The summed E-state index contributed by atoms with van der Waals surface area (Å²) < 4.78 is 22.9. The normalized spacial score (nSPS) is 21.1. The number of hydrogen-bond acceptors (Lipinski definition) is 4. The van der Waals surface area contributed by atoms with E-state index in [0.29, 0.717) is 17.3 Å². The van der Waals surface area contributed by atoms with Gasteiger partial charge in [-0.25, -0.2) is 8.42 Å². The highest BCUT2D eigenvalue weighted by molar-refractivity contribution is 7.91. The number of anilines is 1. The maximum Gasteiger partial charge on any atom is 0.150 e. The molecule has 4 nitrogen and oxygen atoms in total. The van der Waals surface area contributed by atoms with E-state index in [4.69, 9.17) is 11.6 Å². The fourth-order valence-corrected chi connectivity index (χ4v) is 4.59. The first kappa shape index (κ1) is 13.6. The van der Waals surface area contributed by atoms with Crippen LogP contribution in [0.4, 0.5) is 5.69 Å². The van der Waals surface area contributed by atoms with Crippen molar-refractivity contribution < 1.29 is 8.42 Å². The molecule has 0 bridgehead atoms. The minimum absolute atomic E-state index is 0.183. The molecule has 1 atom stereocenters. The number of sulfone groups is 1. The van der Waals surface area contributed by atoms with E-state index in [1.807, 2.05) is 24.3 Å². The maximum atomic E-state index is 11.5. The van der Waals surface area contributed by atoms with E-state index in [2.05, 4.69) is 10.3 Å². The number of halogens is 1. The van der Waals surface area contributed by atoms with E-state index in [1.54, 1.807) is 6.20 Å². The summed E-state index contributed by atoms with van der Waals surface area (Å²) in [6.45, 7) is 0.658. The van der Waals surface area contributed by atoms with Crippen LogP contribution in [0.1, 0.15) is 6.42 Å². The zero-order valence-electron chi connectivity index (χ0n) is 10.8. The second-order valence-corrected chi connectivity index (χ2v) is 7.84. The van der Waals surface area contributed by atoms with E-state index in [0.717, 1.165) is 23.0 Å². The van der Waals surface area contributed by atoms with Crippen LogP contribution >= 0.6 is 11.6 Å². The average molecular weight is 311 g/mol. The van der Waals surface area contributed by atoms with Crippen LogP contribution in [0.5, 0.6) is 0 Å². The molecule has 3 rings (SSSR count). The summed E-state index contributed by atoms with van der Waals surface area (Å²) in [6.07, 6.45) is 2.48. The molecule has 6 heteroatoms. The topological polar surface area (TPSA) is 59.1 Å². The number of pyridine rings is 1. The van der Waals surface area contributed by atoms with Crippen LogP contribution in [0.3, 0.4) is 0 Å². The van der Waals surface area contributed by atoms with Crippen molar-refractivity contribution in [2.75, 3.05) is 23.4 Å². The van der Waals surface area contributed by atoms with Gasteiger partial charge in [-0.05, 0) is 36.6 Å². The highest BCUT2D eigenvalue weighted by atomic mass is 35.5. The van der Waals surface area contributed by atoms with Crippen molar-refractivity contribution in [2.24, 2.45) is 5.92 Å². The molecule has 2 aromatic rings. The van der Waals surface area contributed by atoms with E-state index in [-0.39, 0.29) is 11.7 Å². The summed E-state index contributed by atoms with van der Waals surface area (Å²) >= 11 is 6.02. The minimum atomic E-state index is -2.82. The number of nitrogens with zero attached hydrogens (tertiary/aromatic N) is 1. The van der Waals surface area contributed by atoms with Gasteiger partial charge in [-0.2, -0.15) is 0 Å². The van der Waals surface area contributed by atoms with Crippen LogP contribution in [0.25, 0.3) is 10.9 Å². The predicted octanol–water partition coefficient (Wildman–Crippen LogP) is 2.73. The fraction of sp³-hybridized carbons (Fsp3) is 0.357. The van der Waals surface area contributed by atoms with Gasteiger partial charge in [0, 0.05) is 28.8 Å². The Balaban J connectivity index is 1.79. The number of aromatic nitrogens is 1. The van der Waals surface area contributed by atoms with E-state index in [1.165, 1.54) is 0 Å². The molecule has 1 unspecified atom stereocenters. The number of fused-ring (bicyclic) bond motifs is 1. The fourth-order valence-electron chi connectivity index (χ4n) is 2.56. The smallest absolute Gasteiger partial charge is 0.150 e. The molecule has 1 fully saturated rings. The van der Waals surface area contributed by atoms with Crippen molar-refractivity contribution in [1.29, 1.82) is 0 Å². The Labute approximate surface area is 123 Å². The Morgan fingerprint density at radius 3 is 2.95 bits per heavy atom. The molecule has 1 aliphatic heterocycles. The average Bonchev–Trinajstić information content (AvgIpc) is 2.76. The lowest BCUT2D eigenvalue weighted by Gasteiger charge is -2.13. The molecule has 2 heterocycles. The molecule has 1 N–H and O–H groups in total. The first-order valence-electron chi connectivity index (χ1n) is 6.52. The SMILES string of the molecule is O=S1(=O)CCC(CNc2ccnc3ccc(Cl)cc23)C1. The van der Waals surface area contributed by atoms with Gasteiger partial charge in [0.1, 0.15) is 0 Å². The Hall–Kier alpha value is -1.33. The van der Waals surface area contributed by atoms with E-state index >= 15 is 0 Å². The zero-order valence-corrected chi connectivity index (χ0v) is 12.4.